The molecule has 2 unspecified atom stereocenters. The van der Waals surface area contributed by atoms with Crippen LogP contribution in [0, 0.1) is 5.92 Å². The molecule has 0 aliphatic carbocycles. The van der Waals surface area contributed by atoms with Crippen LogP contribution >= 0.6 is 0 Å². The maximum Gasteiger partial charge on any atom is 0.310 e. The molecular weight excluding hydrogens is 360 g/mol. The number of carbonyl (C=O) groups excluding carboxylic acids is 2. The van der Waals surface area contributed by atoms with Gasteiger partial charge in [0.2, 0.25) is 11.8 Å². The average Bonchev–Trinajstić information content (AvgIpc) is 3.09. The number of benzene rings is 2. The zero-order valence-corrected chi connectivity index (χ0v) is 15.7. The normalized spacial score (nSPS) is 17.3. The second-order valence-corrected chi connectivity index (χ2v) is 6.75. The summed E-state index contributed by atoms with van der Waals surface area (Å²) in [6, 6.07) is 13.9. The minimum Gasteiger partial charge on any atom is -0.495 e. The topological polar surface area (TPSA) is 95.9 Å². The van der Waals surface area contributed by atoms with Crippen LogP contribution in [0.5, 0.6) is 5.75 Å². The van der Waals surface area contributed by atoms with Crippen LogP contribution in [0.2, 0.25) is 0 Å². The van der Waals surface area contributed by atoms with Gasteiger partial charge in [-0.3, -0.25) is 14.4 Å². The first kappa shape index (κ1) is 19.4. The van der Waals surface area contributed by atoms with Gasteiger partial charge in [0.25, 0.3) is 0 Å². The lowest BCUT2D eigenvalue weighted by Gasteiger charge is -2.19. The molecule has 2 aromatic carbocycles. The minimum absolute atomic E-state index is 0.123. The summed E-state index contributed by atoms with van der Waals surface area (Å²) in [7, 11) is 1.54. The third-order valence-electron chi connectivity index (χ3n) is 4.92. The van der Waals surface area contributed by atoms with Crippen LogP contribution in [0.15, 0.2) is 48.5 Å². The third kappa shape index (κ3) is 3.98. The molecule has 0 bridgehead atoms. The number of hydrogen-bond acceptors (Lipinski definition) is 4. The minimum atomic E-state index is -0.905. The average molecular weight is 382 g/mol. The van der Waals surface area contributed by atoms with E-state index in [2.05, 4.69) is 5.32 Å². The Bertz CT molecular complexity index is 894. The SMILES string of the molecule is COc1ccccc1N1CC(C(=O)Nc2ccc(C(C)C(=O)O)cc2)CC1=O. The predicted octanol–water partition coefficient (Wildman–Crippen LogP) is 2.87. The molecule has 0 aromatic heterocycles. The van der Waals surface area contributed by atoms with E-state index in [4.69, 9.17) is 9.84 Å². The number of hydrogen-bond donors (Lipinski definition) is 2. The standard InChI is InChI=1S/C21H22N2O5/c1-13(21(26)27)14-7-9-16(10-8-14)22-20(25)15-11-19(24)23(12-15)17-5-3-4-6-18(17)28-2/h3-10,13,15H,11-12H2,1-2H3,(H,22,25)(H,26,27). The van der Waals surface area contributed by atoms with Crippen molar-refractivity contribution in [2.45, 2.75) is 19.3 Å². The summed E-state index contributed by atoms with van der Waals surface area (Å²) in [5.41, 5.74) is 1.87. The Labute approximate surface area is 162 Å². The van der Waals surface area contributed by atoms with Gasteiger partial charge in [-0.25, -0.2) is 0 Å². The van der Waals surface area contributed by atoms with Crippen LogP contribution < -0.4 is 15.0 Å². The van der Waals surface area contributed by atoms with Crippen molar-refractivity contribution in [3.8, 4) is 5.75 Å². The number of nitrogens with one attached hydrogen (secondary N) is 1. The predicted molar refractivity (Wildman–Crippen MR) is 105 cm³/mol. The van der Waals surface area contributed by atoms with Gasteiger partial charge in [-0.1, -0.05) is 24.3 Å². The molecular formula is C21H22N2O5. The molecule has 3 rings (SSSR count). The number of carbonyl (C=O) groups is 3. The van der Waals surface area contributed by atoms with Gasteiger partial charge in [-0.05, 0) is 36.8 Å². The number of aliphatic carboxylic acids is 1. The maximum atomic E-state index is 12.6. The van der Waals surface area contributed by atoms with Crippen molar-refractivity contribution in [2.75, 3.05) is 23.9 Å². The summed E-state index contributed by atoms with van der Waals surface area (Å²) in [6.07, 6.45) is 0.123. The van der Waals surface area contributed by atoms with Crippen molar-refractivity contribution < 1.29 is 24.2 Å². The highest BCUT2D eigenvalue weighted by Crippen LogP contribution is 2.33. The first-order valence-corrected chi connectivity index (χ1v) is 8.97. The molecule has 0 spiro atoms. The van der Waals surface area contributed by atoms with E-state index in [0.717, 1.165) is 0 Å². The zero-order chi connectivity index (χ0) is 20.3. The number of anilines is 2. The molecule has 2 atom stereocenters. The van der Waals surface area contributed by atoms with E-state index in [0.29, 0.717) is 22.7 Å². The quantitative estimate of drug-likeness (QED) is 0.801. The second-order valence-electron chi connectivity index (χ2n) is 6.75. The van der Waals surface area contributed by atoms with Crippen molar-refractivity contribution in [1.82, 2.24) is 0 Å². The molecule has 28 heavy (non-hydrogen) atoms. The number of amides is 2. The molecule has 1 aliphatic heterocycles. The van der Waals surface area contributed by atoms with E-state index >= 15 is 0 Å². The first-order chi connectivity index (χ1) is 13.4. The molecule has 1 aliphatic rings. The maximum absolute atomic E-state index is 12.6. The largest absolute Gasteiger partial charge is 0.495 e. The fraction of sp³-hybridized carbons (Fsp3) is 0.286. The van der Waals surface area contributed by atoms with Gasteiger partial charge in [0.1, 0.15) is 5.75 Å². The number of nitrogens with zero attached hydrogens (tertiary/aromatic N) is 1. The van der Waals surface area contributed by atoms with Crippen molar-refractivity contribution in [1.29, 1.82) is 0 Å². The van der Waals surface area contributed by atoms with Crippen LogP contribution in [0.4, 0.5) is 11.4 Å². The molecule has 2 amide bonds. The Kier molecular flexibility index (Phi) is 5.63. The van der Waals surface area contributed by atoms with E-state index in [9.17, 15) is 14.4 Å². The second kappa shape index (κ2) is 8.12. The molecule has 146 valence electrons. The number of para-hydroxylation sites is 2. The first-order valence-electron chi connectivity index (χ1n) is 8.97. The summed E-state index contributed by atoms with van der Waals surface area (Å²) < 4.78 is 5.31. The van der Waals surface area contributed by atoms with Crippen LogP contribution in [0.3, 0.4) is 0 Å². The van der Waals surface area contributed by atoms with Crippen LogP contribution in [0.25, 0.3) is 0 Å². The van der Waals surface area contributed by atoms with E-state index < -0.39 is 17.8 Å². The Hall–Kier alpha value is -3.35. The van der Waals surface area contributed by atoms with Crippen LogP contribution in [0.1, 0.15) is 24.8 Å². The summed E-state index contributed by atoms with van der Waals surface area (Å²) in [4.78, 5) is 37.6. The molecule has 2 N–H and O–H groups in total. The Morgan fingerprint density at radius 1 is 1.18 bits per heavy atom. The van der Waals surface area contributed by atoms with E-state index in [1.807, 2.05) is 12.1 Å². The molecule has 1 fully saturated rings. The number of carboxylic acid groups (broad SMARTS) is 1. The van der Waals surface area contributed by atoms with Crippen molar-refractivity contribution in [3.05, 3.63) is 54.1 Å². The van der Waals surface area contributed by atoms with E-state index in [1.54, 1.807) is 55.3 Å². The molecule has 1 heterocycles. The molecule has 1 saturated heterocycles. The Morgan fingerprint density at radius 3 is 2.50 bits per heavy atom. The number of methoxy groups -OCH3 is 1. The lowest BCUT2D eigenvalue weighted by molar-refractivity contribution is -0.138. The van der Waals surface area contributed by atoms with Gasteiger partial charge >= 0.3 is 5.97 Å². The van der Waals surface area contributed by atoms with Gasteiger partial charge in [-0.2, -0.15) is 0 Å². The molecule has 7 heteroatoms. The van der Waals surface area contributed by atoms with E-state index in [-0.39, 0.29) is 24.8 Å². The number of rotatable bonds is 6. The van der Waals surface area contributed by atoms with Gasteiger partial charge in [0, 0.05) is 18.7 Å². The Balaban J connectivity index is 1.67. The van der Waals surface area contributed by atoms with Crippen LogP contribution in [-0.4, -0.2) is 36.5 Å². The van der Waals surface area contributed by atoms with Crippen LogP contribution in [-0.2, 0) is 14.4 Å². The summed E-state index contributed by atoms with van der Waals surface area (Å²) in [6.45, 7) is 1.88. The Morgan fingerprint density at radius 2 is 1.86 bits per heavy atom. The van der Waals surface area contributed by atoms with Crippen molar-refractivity contribution in [3.63, 3.8) is 0 Å². The highest BCUT2D eigenvalue weighted by Gasteiger charge is 2.36. The van der Waals surface area contributed by atoms with E-state index in [1.165, 1.54) is 0 Å². The fourth-order valence-corrected chi connectivity index (χ4v) is 3.21. The lowest BCUT2D eigenvalue weighted by atomic mass is 10.0. The monoisotopic (exact) mass is 382 g/mol. The molecule has 7 nitrogen and oxygen atoms in total. The van der Waals surface area contributed by atoms with Crippen molar-refractivity contribution in [2.24, 2.45) is 5.92 Å². The summed E-state index contributed by atoms with van der Waals surface area (Å²) >= 11 is 0. The number of carboxylic acids is 1. The number of ether oxygens (including phenoxy) is 1. The highest BCUT2D eigenvalue weighted by molar-refractivity contribution is 6.04. The van der Waals surface area contributed by atoms with Gasteiger partial charge in [-0.15, -0.1) is 0 Å². The third-order valence-corrected chi connectivity index (χ3v) is 4.92. The lowest BCUT2D eigenvalue weighted by Crippen LogP contribution is -2.28. The smallest absolute Gasteiger partial charge is 0.310 e. The zero-order valence-electron chi connectivity index (χ0n) is 15.7. The van der Waals surface area contributed by atoms with Gasteiger partial charge in [0.05, 0.1) is 24.6 Å². The van der Waals surface area contributed by atoms with Crippen molar-refractivity contribution >= 4 is 29.2 Å². The van der Waals surface area contributed by atoms with Gasteiger partial charge in [0.15, 0.2) is 0 Å². The molecule has 2 aromatic rings. The molecule has 0 radical (unpaired) electrons. The highest BCUT2D eigenvalue weighted by atomic mass is 16.5. The summed E-state index contributed by atoms with van der Waals surface area (Å²) in [5, 5.41) is 11.9. The summed E-state index contributed by atoms with van der Waals surface area (Å²) in [5.74, 6) is -1.79. The fourth-order valence-electron chi connectivity index (χ4n) is 3.21. The van der Waals surface area contributed by atoms with Gasteiger partial charge < -0.3 is 20.1 Å². The molecule has 0 saturated carbocycles.